The molecule has 1 fully saturated rings. The van der Waals surface area contributed by atoms with Crippen LogP contribution in [-0.4, -0.2) is 50.5 Å². The largest absolute Gasteiger partial charge is 0.495 e. The Morgan fingerprint density at radius 3 is 2.84 bits per heavy atom. The Morgan fingerprint density at radius 2 is 2.10 bits per heavy atom. The van der Waals surface area contributed by atoms with Crippen molar-refractivity contribution in [3.63, 3.8) is 0 Å². The normalized spacial score (nSPS) is 17.5. The van der Waals surface area contributed by atoms with Crippen molar-refractivity contribution < 1.29 is 9.53 Å². The molecule has 0 radical (unpaired) electrons. The molecule has 1 aliphatic rings. The monoisotopic (exact) mass is 456 g/mol. The van der Waals surface area contributed by atoms with Gasteiger partial charge in [0.1, 0.15) is 5.75 Å². The summed E-state index contributed by atoms with van der Waals surface area (Å²) >= 11 is 3.08. The van der Waals surface area contributed by atoms with Crippen molar-refractivity contribution in [3.05, 3.63) is 41.8 Å². The smallest absolute Gasteiger partial charge is 0.236 e. The number of thioether (sulfide) groups is 1. The van der Waals surface area contributed by atoms with Crippen LogP contribution in [0.1, 0.15) is 39.5 Å². The molecule has 1 amide bonds. The van der Waals surface area contributed by atoms with E-state index in [9.17, 15) is 4.79 Å². The van der Waals surface area contributed by atoms with Gasteiger partial charge in [-0.3, -0.25) is 9.36 Å². The number of carbonyl (C=O) groups is 1. The number of rotatable bonds is 7. The van der Waals surface area contributed by atoms with Gasteiger partial charge in [0.25, 0.3) is 0 Å². The Morgan fingerprint density at radius 1 is 1.26 bits per heavy atom. The van der Waals surface area contributed by atoms with Gasteiger partial charge in [-0.1, -0.05) is 36.9 Å². The summed E-state index contributed by atoms with van der Waals surface area (Å²) in [6, 6.07) is 12.2. The molecular weight excluding hydrogens is 428 g/mol. The van der Waals surface area contributed by atoms with Crippen LogP contribution in [-0.2, 0) is 4.79 Å². The zero-order valence-corrected chi connectivity index (χ0v) is 19.8. The van der Waals surface area contributed by atoms with E-state index in [2.05, 4.69) is 22.0 Å². The Kier molecular flexibility index (Phi) is 6.97. The highest BCUT2D eigenvalue weighted by Crippen LogP contribution is 2.36. The zero-order chi connectivity index (χ0) is 21.8. The van der Waals surface area contributed by atoms with Crippen molar-refractivity contribution in [3.8, 4) is 22.1 Å². The van der Waals surface area contributed by atoms with Crippen molar-refractivity contribution in [2.75, 3.05) is 13.7 Å². The third kappa shape index (κ3) is 4.50. The van der Waals surface area contributed by atoms with Crippen LogP contribution in [0.2, 0.25) is 0 Å². The van der Waals surface area contributed by atoms with Gasteiger partial charge in [0, 0.05) is 12.6 Å². The molecule has 0 saturated carbocycles. The molecule has 0 spiro atoms. The average Bonchev–Trinajstić information content (AvgIpc) is 3.48. The van der Waals surface area contributed by atoms with Gasteiger partial charge < -0.3 is 9.64 Å². The molecule has 1 aliphatic heterocycles. The van der Waals surface area contributed by atoms with Crippen LogP contribution in [0.15, 0.2) is 46.9 Å². The average molecular weight is 457 g/mol. The van der Waals surface area contributed by atoms with Gasteiger partial charge in [-0.25, -0.2) is 0 Å². The molecule has 3 aromatic rings. The lowest BCUT2D eigenvalue weighted by Gasteiger charge is -2.36. The molecule has 2 unspecified atom stereocenters. The lowest BCUT2D eigenvalue weighted by molar-refractivity contribution is -0.134. The molecule has 0 bridgehead atoms. The van der Waals surface area contributed by atoms with Crippen LogP contribution in [0.25, 0.3) is 16.4 Å². The van der Waals surface area contributed by atoms with Gasteiger partial charge in [0.2, 0.25) is 5.91 Å². The number of aromatic nitrogens is 3. The highest BCUT2D eigenvalue weighted by molar-refractivity contribution is 8.00. The fourth-order valence-electron chi connectivity index (χ4n) is 4.10. The van der Waals surface area contributed by atoms with E-state index in [1.54, 1.807) is 18.4 Å². The lowest BCUT2D eigenvalue weighted by Crippen LogP contribution is -2.46. The Hall–Kier alpha value is -2.32. The summed E-state index contributed by atoms with van der Waals surface area (Å²) in [5.41, 5.74) is 0.866. The molecule has 2 aromatic heterocycles. The van der Waals surface area contributed by atoms with Gasteiger partial charge in [-0.15, -0.1) is 21.5 Å². The van der Waals surface area contributed by atoms with Gasteiger partial charge in [0.05, 0.1) is 22.9 Å². The lowest BCUT2D eigenvalue weighted by atomic mass is 10.00. The molecule has 8 heteroatoms. The van der Waals surface area contributed by atoms with Crippen molar-refractivity contribution in [1.82, 2.24) is 19.7 Å². The predicted molar refractivity (Wildman–Crippen MR) is 126 cm³/mol. The number of nitrogens with zero attached hydrogens (tertiary/aromatic N) is 4. The molecule has 1 saturated heterocycles. The van der Waals surface area contributed by atoms with E-state index in [0.29, 0.717) is 11.2 Å². The highest BCUT2D eigenvalue weighted by atomic mass is 32.2. The summed E-state index contributed by atoms with van der Waals surface area (Å²) in [7, 11) is 1.66. The highest BCUT2D eigenvalue weighted by Gasteiger charge is 2.31. The standard InChI is InChI=1S/C23H28N4O2S2/c1-4-17-10-7-8-14-26(17)22(28)16(2)31-23-25-24-21(20-13-9-15-30-20)27(23)18-11-5-6-12-19(18)29-3/h5-6,9,11-13,15-17H,4,7-8,10,14H2,1-3H3. The number of likely N-dealkylation sites (tertiary alicyclic amines) is 1. The molecule has 6 nitrogen and oxygen atoms in total. The third-order valence-electron chi connectivity index (χ3n) is 5.71. The second-order valence-electron chi connectivity index (χ2n) is 7.64. The van der Waals surface area contributed by atoms with Crippen molar-refractivity contribution in [2.24, 2.45) is 0 Å². The molecule has 0 N–H and O–H groups in total. The Labute approximate surface area is 191 Å². The van der Waals surface area contributed by atoms with Crippen LogP contribution >= 0.6 is 23.1 Å². The maximum atomic E-state index is 13.3. The number of benzene rings is 1. The second-order valence-corrected chi connectivity index (χ2v) is 9.90. The van der Waals surface area contributed by atoms with Crippen LogP contribution in [0, 0.1) is 0 Å². The molecule has 31 heavy (non-hydrogen) atoms. The maximum Gasteiger partial charge on any atom is 0.236 e. The number of methoxy groups -OCH3 is 1. The van der Waals surface area contributed by atoms with Crippen molar-refractivity contribution in [2.45, 2.75) is 56.0 Å². The van der Waals surface area contributed by atoms with Gasteiger partial charge in [-0.05, 0) is 56.2 Å². The molecule has 0 aliphatic carbocycles. The molecule has 4 rings (SSSR count). The summed E-state index contributed by atoms with van der Waals surface area (Å²) in [6.45, 7) is 4.99. The van der Waals surface area contributed by atoms with E-state index in [-0.39, 0.29) is 11.2 Å². The zero-order valence-electron chi connectivity index (χ0n) is 18.2. The SMILES string of the molecule is CCC1CCCCN1C(=O)C(C)Sc1nnc(-c2cccs2)n1-c1ccccc1OC. The van der Waals surface area contributed by atoms with E-state index in [1.165, 1.54) is 18.2 Å². The number of hydrogen-bond acceptors (Lipinski definition) is 6. The number of para-hydroxylation sites is 2. The van der Waals surface area contributed by atoms with E-state index in [0.717, 1.165) is 47.9 Å². The Balaban J connectivity index is 1.68. The topological polar surface area (TPSA) is 60.2 Å². The number of ether oxygens (including phenoxy) is 1. The first kappa shape index (κ1) is 21.9. The summed E-state index contributed by atoms with van der Waals surface area (Å²) in [6.07, 6.45) is 4.39. The summed E-state index contributed by atoms with van der Waals surface area (Å²) in [5, 5.41) is 11.4. The maximum absolute atomic E-state index is 13.3. The molecule has 164 valence electrons. The fraction of sp³-hybridized carbons (Fsp3) is 0.435. The number of amides is 1. The first-order valence-electron chi connectivity index (χ1n) is 10.7. The quantitative estimate of drug-likeness (QED) is 0.453. The molecule has 1 aromatic carbocycles. The molecule has 3 heterocycles. The van der Waals surface area contributed by atoms with E-state index < -0.39 is 0 Å². The number of carbonyl (C=O) groups excluding carboxylic acids is 1. The molecular formula is C23H28N4O2S2. The predicted octanol–water partition coefficient (Wildman–Crippen LogP) is 5.28. The first-order valence-corrected chi connectivity index (χ1v) is 12.5. The van der Waals surface area contributed by atoms with Crippen LogP contribution < -0.4 is 4.74 Å². The van der Waals surface area contributed by atoms with Crippen molar-refractivity contribution >= 4 is 29.0 Å². The van der Waals surface area contributed by atoms with E-state index in [1.807, 2.05) is 53.3 Å². The van der Waals surface area contributed by atoms with Crippen LogP contribution in [0.3, 0.4) is 0 Å². The minimum Gasteiger partial charge on any atom is -0.495 e. The Bertz CT molecular complexity index is 1020. The van der Waals surface area contributed by atoms with E-state index >= 15 is 0 Å². The minimum atomic E-state index is -0.249. The number of thiophene rings is 1. The summed E-state index contributed by atoms with van der Waals surface area (Å²) in [4.78, 5) is 16.4. The molecule has 2 atom stereocenters. The summed E-state index contributed by atoms with van der Waals surface area (Å²) < 4.78 is 7.62. The summed E-state index contributed by atoms with van der Waals surface area (Å²) in [5.74, 6) is 1.68. The second kappa shape index (κ2) is 9.87. The number of piperidine rings is 1. The third-order valence-corrected chi connectivity index (χ3v) is 7.61. The van der Waals surface area contributed by atoms with Gasteiger partial charge in [0.15, 0.2) is 11.0 Å². The van der Waals surface area contributed by atoms with Crippen LogP contribution in [0.5, 0.6) is 5.75 Å². The van der Waals surface area contributed by atoms with Crippen molar-refractivity contribution in [1.29, 1.82) is 0 Å². The first-order chi connectivity index (χ1) is 15.1. The minimum absolute atomic E-state index is 0.184. The van der Waals surface area contributed by atoms with Gasteiger partial charge >= 0.3 is 0 Å². The van der Waals surface area contributed by atoms with Crippen LogP contribution in [0.4, 0.5) is 0 Å². The van der Waals surface area contributed by atoms with E-state index in [4.69, 9.17) is 4.74 Å². The van der Waals surface area contributed by atoms with Gasteiger partial charge in [-0.2, -0.15) is 0 Å². The number of hydrogen-bond donors (Lipinski definition) is 0. The fourth-order valence-corrected chi connectivity index (χ4v) is 5.73.